The van der Waals surface area contributed by atoms with Gasteiger partial charge in [0.2, 0.25) is 5.91 Å². The van der Waals surface area contributed by atoms with Crippen molar-refractivity contribution in [2.24, 2.45) is 0 Å². The van der Waals surface area contributed by atoms with Crippen molar-refractivity contribution in [1.29, 1.82) is 0 Å². The van der Waals surface area contributed by atoms with Gasteiger partial charge in [0.25, 0.3) is 0 Å². The third-order valence-corrected chi connectivity index (χ3v) is 2.81. The van der Waals surface area contributed by atoms with Crippen molar-refractivity contribution in [3.8, 4) is 0 Å². The van der Waals surface area contributed by atoms with Crippen LogP contribution in [-0.2, 0) is 28.7 Å². The standard InChI is InChI=1S/C15H26N2O7/c1-11(18)5-3-4-6-13(20)17-8-15(22)24-10-12(19)9-23-14(21)7-16-2/h12,16,19H,3-10H2,1-2H3,(H,17,20). The number of carbonyl (C=O) groups excluding carboxylic acids is 4. The number of amides is 1. The lowest BCUT2D eigenvalue weighted by Crippen LogP contribution is -2.33. The second-order valence-electron chi connectivity index (χ2n) is 5.24. The van der Waals surface area contributed by atoms with E-state index < -0.39 is 18.0 Å². The minimum absolute atomic E-state index is 0.0188. The number of ketones is 1. The molecule has 0 spiro atoms. The molecule has 0 aromatic heterocycles. The van der Waals surface area contributed by atoms with E-state index in [9.17, 15) is 24.3 Å². The molecule has 0 radical (unpaired) electrons. The van der Waals surface area contributed by atoms with E-state index in [2.05, 4.69) is 10.6 Å². The maximum Gasteiger partial charge on any atom is 0.325 e. The van der Waals surface area contributed by atoms with E-state index in [-0.39, 0.29) is 44.4 Å². The maximum absolute atomic E-state index is 11.5. The molecule has 3 N–H and O–H groups in total. The number of nitrogens with one attached hydrogen (secondary N) is 2. The number of unbranched alkanes of at least 4 members (excludes halogenated alkanes) is 1. The lowest BCUT2D eigenvalue weighted by atomic mass is 10.1. The van der Waals surface area contributed by atoms with Crippen LogP contribution in [0.1, 0.15) is 32.6 Å². The number of carbonyl (C=O) groups is 4. The van der Waals surface area contributed by atoms with E-state index in [0.717, 1.165) is 0 Å². The monoisotopic (exact) mass is 346 g/mol. The van der Waals surface area contributed by atoms with Crippen LogP contribution < -0.4 is 10.6 Å². The molecule has 0 saturated heterocycles. The van der Waals surface area contributed by atoms with Gasteiger partial charge in [-0.25, -0.2) is 0 Å². The van der Waals surface area contributed by atoms with Crippen LogP contribution in [0.15, 0.2) is 0 Å². The molecule has 0 fully saturated rings. The zero-order chi connectivity index (χ0) is 18.4. The first-order valence-electron chi connectivity index (χ1n) is 7.75. The number of aliphatic hydroxyl groups is 1. The Morgan fingerprint density at radius 2 is 1.50 bits per heavy atom. The molecule has 1 atom stereocenters. The smallest absolute Gasteiger partial charge is 0.325 e. The van der Waals surface area contributed by atoms with Gasteiger partial charge in [-0.15, -0.1) is 0 Å². The van der Waals surface area contributed by atoms with Gasteiger partial charge in [0, 0.05) is 12.8 Å². The summed E-state index contributed by atoms with van der Waals surface area (Å²) in [5, 5.41) is 14.5. The van der Waals surface area contributed by atoms with E-state index in [1.165, 1.54) is 6.92 Å². The maximum atomic E-state index is 11.5. The second-order valence-corrected chi connectivity index (χ2v) is 5.24. The predicted octanol–water partition coefficient (Wildman–Crippen LogP) is -1.08. The first kappa shape index (κ1) is 22.0. The average Bonchev–Trinajstić information content (AvgIpc) is 2.53. The van der Waals surface area contributed by atoms with Gasteiger partial charge in [0.05, 0.1) is 6.54 Å². The van der Waals surface area contributed by atoms with E-state index in [1.807, 2.05) is 0 Å². The number of rotatable bonds is 13. The summed E-state index contributed by atoms with van der Waals surface area (Å²) in [6, 6.07) is 0. The van der Waals surface area contributed by atoms with Crippen molar-refractivity contribution >= 4 is 23.6 Å². The van der Waals surface area contributed by atoms with Crippen molar-refractivity contribution in [1.82, 2.24) is 10.6 Å². The number of aliphatic hydroxyl groups excluding tert-OH is 1. The Labute approximate surface area is 141 Å². The molecule has 0 aromatic carbocycles. The number of Topliss-reactive ketones (excluding diaryl/α,β-unsaturated/α-hetero) is 1. The first-order chi connectivity index (χ1) is 11.3. The molecule has 0 heterocycles. The fourth-order valence-electron chi connectivity index (χ4n) is 1.59. The average molecular weight is 346 g/mol. The molecule has 0 aliphatic heterocycles. The minimum atomic E-state index is -1.13. The zero-order valence-electron chi connectivity index (χ0n) is 14.1. The molecule has 138 valence electrons. The van der Waals surface area contributed by atoms with Crippen LogP contribution in [0.25, 0.3) is 0 Å². The number of esters is 2. The first-order valence-corrected chi connectivity index (χ1v) is 7.75. The highest BCUT2D eigenvalue weighted by Crippen LogP contribution is 2.00. The van der Waals surface area contributed by atoms with Crippen molar-refractivity contribution in [2.75, 3.05) is 33.4 Å². The van der Waals surface area contributed by atoms with Gasteiger partial charge in [-0.1, -0.05) is 0 Å². The number of hydrogen-bond donors (Lipinski definition) is 3. The summed E-state index contributed by atoms with van der Waals surface area (Å²) in [5.41, 5.74) is 0. The van der Waals surface area contributed by atoms with E-state index in [0.29, 0.717) is 19.3 Å². The lowest BCUT2D eigenvalue weighted by Gasteiger charge is -2.12. The Morgan fingerprint density at radius 1 is 0.958 bits per heavy atom. The molecule has 0 bridgehead atoms. The Hall–Kier alpha value is -2.00. The van der Waals surface area contributed by atoms with Crippen molar-refractivity contribution in [3.63, 3.8) is 0 Å². The molecule has 0 aliphatic rings. The molecule has 9 heteroatoms. The van der Waals surface area contributed by atoms with Crippen LogP contribution in [0.5, 0.6) is 0 Å². The van der Waals surface area contributed by atoms with E-state index in [4.69, 9.17) is 9.47 Å². The predicted molar refractivity (Wildman–Crippen MR) is 84.0 cm³/mol. The Bertz CT molecular complexity index is 426. The molecular formula is C15H26N2O7. The summed E-state index contributed by atoms with van der Waals surface area (Å²) in [4.78, 5) is 44.6. The normalized spacial score (nSPS) is 11.5. The Morgan fingerprint density at radius 3 is 2.04 bits per heavy atom. The number of likely N-dealkylation sites (N-methyl/N-ethyl adjacent to an activating group) is 1. The van der Waals surface area contributed by atoms with Crippen molar-refractivity contribution in [3.05, 3.63) is 0 Å². The lowest BCUT2D eigenvalue weighted by molar-refractivity contribution is -0.151. The van der Waals surface area contributed by atoms with E-state index in [1.54, 1.807) is 7.05 Å². The molecule has 1 amide bonds. The summed E-state index contributed by atoms with van der Waals surface area (Å²) < 4.78 is 9.46. The SMILES string of the molecule is CNCC(=O)OCC(O)COC(=O)CNC(=O)CCCCC(C)=O. The van der Waals surface area contributed by atoms with Crippen LogP contribution in [0.2, 0.25) is 0 Å². The summed E-state index contributed by atoms with van der Waals surface area (Å²) in [6.07, 6.45) is 0.733. The summed E-state index contributed by atoms with van der Waals surface area (Å²) in [7, 11) is 1.58. The van der Waals surface area contributed by atoms with Crippen LogP contribution in [-0.4, -0.2) is 68.2 Å². The third-order valence-electron chi connectivity index (χ3n) is 2.81. The number of ether oxygens (including phenoxy) is 2. The summed E-state index contributed by atoms with van der Waals surface area (Å²) in [6.45, 7) is 0.589. The van der Waals surface area contributed by atoms with Gasteiger partial charge < -0.3 is 30.0 Å². The fourth-order valence-corrected chi connectivity index (χ4v) is 1.59. The highest BCUT2D eigenvalue weighted by Gasteiger charge is 2.12. The highest BCUT2D eigenvalue weighted by atomic mass is 16.6. The van der Waals surface area contributed by atoms with Gasteiger partial charge in [0.15, 0.2) is 0 Å². The Kier molecular flexibility index (Phi) is 12.3. The molecule has 0 rings (SSSR count). The molecule has 9 nitrogen and oxygen atoms in total. The molecule has 0 saturated carbocycles. The number of hydrogen-bond acceptors (Lipinski definition) is 8. The second kappa shape index (κ2) is 13.4. The fraction of sp³-hybridized carbons (Fsp3) is 0.733. The van der Waals surface area contributed by atoms with Gasteiger partial charge >= 0.3 is 11.9 Å². The van der Waals surface area contributed by atoms with Crippen LogP contribution in [0.4, 0.5) is 0 Å². The van der Waals surface area contributed by atoms with Crippen LogP contribution in [0, 0.1) is 0 Å². The molecular weight excluding hydrogens is 320 g/mol. The minimum Gasteiger partial charge on any atom is -0.462 e. The quantitative estimate of drug-likeness (QED) is 0.283. The van der Waals surface area contributed by atoms with Crippen molar-refractivity contribution in [2.45, 2.75) is 38.7 Å². The molecule has 24 heavy (non-hydrogen) atoms. The summed E-state index contributed by atoms with van der Waals surface area (Å²) in [5.74, 6) is -1.46. The van der Waals surface area contributed by atoms with Gasteiger partial charge in [-0.2, -0.15) is 0 Å². The van der Waals surface area contributed by atoms with Gasteiger partial charge in [-0.3, -0.25) is 14.4 Å². The summed E-state index contributed by atoms with van der Waals surface area (Å²) >= 11 is 0. The largest absolute Gasteiger partial charge is 0.462 e. The zero-order valence-corrected chi connectivity index (χ0v) is 14.1. The van der Waals surface area contributed by atoms with Crippen LogP contribution in [0.3, 0.4) is 0 Å². The highest BCUT2D eigenvalue weighted by molar-refractivity contribution is 5.82. The Balaban J connectivity index is 3.69. The molecule has 1 unspecified atom stereocenters. The van der Waals surface area contributed by atoms with E-state index >= 15 is 0 Å². The van der Waals surface area contributed by atoms with Crippen LogP contribution >= 0.6 is 0 Å². The van der Waals surface area contributed by atoms with Gasteiger partial charge in [-0.05, 0) is 26.8 Å². The topological polar surface area (TPSA) is 131 Å². The van der Waals surface area contributed by atoms with Gasteiger partial charge in [0.1, 0.15) is 31.6 Å². The third kappa shape index (κ3) is 13.6. The molecule has 0 aliphatic carbocycles. The van der Waals surface area contributed by atoms with Crippen molar-refractivity contribution < 1.29 is 33.8 Å². The molecule has 0 aromatic rings.